The van der Waals surface area contributed by atoms with E-state index in [0.717, 1.165) is 18.8 Å². The molecule has 1 fully saturated rings. The molecule has 0 amide bonds. The number of halogens is 1. The molecule has 1 aromatic carbocycles. The van der Waals surface area contributed by atoms with E-state index in [1.807, 2.05) is 29.1 Å². The van der Waals surface area contributed by atoms with Gasteiger partial charge in [-0.25, -0.2) is 4.68 Å². The average molecular weight is 236 g/mol. The van der Waals surface area contributed by atoms with E-state index in [1.165, 1.54) is 5.69 Å². The van der Waals surface area contributed by atoms with Crippen molar-refractivity contribution in [2.75, 3.05) is 13.1 Å². The fourth-order valence-electron chi connectivity index (χ4n) is 1.78. The molecule has 0 atom stereocenters. The Labute approximate surface area is 101 Å². The number of hydrogen-bond donors (Lipinski definition) is 1. The molecule has 0 spiro atoms. The van der Waals surface area contributed by atoms with E-state index in [9.17, 15) is 0 Å². The highest BCUT2D eigenvalue weighted by Gasteiger charge is 2.21. The van der Waals surface area contributed by atoms with E-state index >= 15 is 0 Å². The normalized spacial score (nSPS) is 15.2. The quantitative estimate of drug-likeness (QED) is 0.863. The van der Waals surface area contributed by atoms with Crippen molar-refractivity contribution in [3.63, 3.8) is 0 Å². The highest BCUT2D eigenvalue weighted by molar-refractivity contribution is 5.85. The number of nitrogens with one attached hydrogen (secondary N) is 1. The lowest BCUT2D eigenvalue weighted by molar-refractivity contribution is 0.437. The Hall–Kier alpha value is -1.32. The molecule has 84 valence electrons. The van der Waals surface area contributed by atoms with E-state index in [-0.39, 0.29) is 12.4 Å². The molecule has 1 N–H and O–H groups in total. The van der Waals surface area contributed by atoms with E-state index in [0.29, 0.717) is 5.92 Å². The lowest BCUT2D eigenvalue weighted by Gasteiger charge is -2.24. The van der Waals surface area contributed by atoms with Crippen LogP contribution in [-0.2, 0) is 0 Å². The highest BCUT2D eigenvalue weighted by atomic mass is 35.5. The Bertz CT molecular complexity index is 448. The van der Waals surface area contributed by atoms with Crippen LogP contribution in [0.3, 0.4) is 0 Å². The summed E-state index contributed by atoms with van der Waals surface area (Å²) in [6.45, 7) is 2.12. The second-order valence-corrected chi connectivity index (χ2v) is 3.88. The van der Waals surface area contributed by atoms with Gasteiger partial charge in [0.05, 0.1) is 11.4 Å². The molecule has 2 aromatic rings. The Balaban J connectivity index is 0.000000963. The van der Waals surface area contributed by atoms with Gasteiger partial charge in [-0.1, -0.05) is 18.2 Å². The van der Waals surface area contributed by atoms with Gasteiger partial charge >= 0.3 is 0 Å². The van der Waals surface area contributed by atoms with E-state index in [4.69, 9.17) is 0 Å². The molecular weight excluding hydrogens is 222 g/mol. The lowest BCUT2D eigenvalue weighted by Crippen LogP contribution is -2.40. The van der Waals surface area contributed by atoms with Crippen molar-refractivity contribution in [1.29, 1.82) is 0 Å². The molecule has 1 saturated heterocycles. The first kappa shape index (κ1) is 11.2. The van der Waals surface area contributed by atoms with Crippen molar-refractivity contribution in [3.8, 4) is 5.69 Å². The molecule has 4 heteroatoms. The summed E-state index contributed by atoms with van der Waals surface area (Å²) in [6.07, 6.45) is 2.03. The minimum Gasteiger partial charge on any atom is -0.315 e. The molecule has 0 unspecified atom stereocenters. The van der Waals surface area contributed by atoms with Crippen molar-refractivity contribution in [2.24, 2.45) is 0 Å². The number of nitrogens with zero attached hydrogens (tertiary/aromatic N) is 2. The number of benzene rings is 1. The molecule has 3 rings (SSSR count). The van der Waals surface area contributed by atoms with Crippen LogP contribution in [0.1, 0.15) is 11.6 Å². The first-order valence-electron chi connectivity index (χ1n) is 5.25. The summed E-state index contributed by atoms with van der Waals surface area (Å²) in [7, 11) is 0. The van der Waals surface area contributed by atoms with Gasteiger partial charge in [-0.05, 0) is 18.2 Å². The minimum atomic E-state index is 0. The van der Waals surface area contributed by atoms with Gasteiger partial charge in [0.1, 0.15) is 0 Å². The Kier molecular flexibility index (Phi) is 3.27. The van der Waals surface area contributed by atoms with E-state index < -0.39 is 0 Å². The Morgan fingerprint density at radius 1 is 1.12 bits per heavy atom. The Morgan fingerprint density at radius 2 is 1.88 bits per heavy atom. The predicted octanol–water partition coefficient (Wildman–Crippen LogP) is 1.98. The summed E-state index contributed by atoms with van der Waals surface area (Å²) in [4.78, 5) is 0. The van der Waals surface area contributed by atoms with Crippen molar-refractivity contribution >= 4 is 12.4 Å². The number of rotatable bonds is 2. The van der Waals surface area contributed by atoms with Gasteiger partial charge in [0.15, 0.2) is 0 Å². The van der Waals surface area contributed by atoms with Crippen LogP contribution >= 0.6 is 12.4 Å². The van der Waals surface area contributed by atoms with Crippen LogP contribution in [0.25, 0.3) is 5.69 Å². The van der Waals surface area contributed by atoms with Gasteiger partial charge in [0.2, 0.25) is 0 Å². The first-order chi connectivity index (χ1) is 7.43. The number of aromatic nitrogens is 2. The second-order valence-electron chi connectivity index (χ2n) is 3.88. The van der Waals surface area contributed by atoms with Gasteiger partial charge in [-0.2, -0.15) is 5.10 Å². The summed E-state index contributed by atoms with van der Waals surface area (Å²) in [6, 6.07) is 12.3. The maximum absolute atomic E-state index is 4.58. The lowest BCUT2D eigenvalue weighted by atomic mass is 10.0. The molecule has 2 heterocycles. The fraction of sp³-hybridized carbons (Fsp3) is 0.250. The van der Waals surface area contributed by atoms with Crippen LogP contribution in [0.4, 0.5) is 0 Å². The summed E-state index contributed by atoms with van der Waals surface area (Å²) >= 11 is 0. The Morgan fingerprint density at radius 3 is 2.50 bits per heavy atom. The molecule has 0 saturated carbocycles. The maximum Gasteiger partial charge on any atom is 0.0685 e. The molecule has 1 aromatic heterocycles. The molecule has 0 bridgehead atoms. The maximum atomic E-state index is 4.58. The molecule has 3 nitrogen and oxygen atoms in total. The van der Waals surface area contributed by atoms with E-state index in [1.54, 1.807) is 0 Å². The van der Waals surface area contributed by atoms with Crippen molar-refractivity contribution in [1.82, 2.24) is 15.1 Å². The van der Waals surface area contributed by atoms with Crippen LogP contribution in [0.5, 0.6) is 0 Å². The smallest absolute Gasteiger partial charge is 0.0685 e. The van der Waals surface area contributed by atoms with Gasteiger partial charge < -0.3 is 5.32 Å². The van der Waals surface area contributed by atoms with Crippen molar-refractivity contribution in [2.45, 2.75) is 5.92 Å². The van der Waals surface area contributed by atoms with Crippen LogP contribution in [0, 0.1) is 0 Å². The monoisotopic (exact) mass is 235 g/mol. The average Bonchev–Trinajstić information content (AvgIpc) is 2.66. The highest BCUT2D eigenvalue weighted by Crippen LogP contribution is 2.18. The molecule has 1 aliphatic rings. The number of para-hydroxylation sites is 1. The molecule has 0 radical (unpaired) electrons. The molecule has 1 aliphatic heterocycles. The SMILES string of the molecule is Cl.c1ccc(-n2ccc(C3CNC3)n2)cc1. The molecule has 0 aliphatic carbocycles. The van der Waals surface area contributed by atoms with Gasteiger partial charge in [0.25, 0.3) is 0 Å². The standard InChI is InChI=1S/C12H13N3.ClH/c1-2-4-11(5-3-1)15-7-6-12(14-15)10-8-13-9-10;/h1-7,10,13H,8-9H2;1H. The third kappa shape index (κ3) is 1.96. The largest absolute Gasteiger partial charge is 0.315 e. The summed E-state index contributed by atoms with van der Waals surface area (Å²) in [5.41, 5.74) is 2.31. The van der Waals surface area contributed by atoms with Gasteiger partial charge in [-0.15, -0.1) is 12.4 Å². The van der Waals surface area contributed by atoms with Crippen molar-refractivity contribution < 1.29 is 0 Å². The second kappa shape index (κ2) is 4.68. The van der Waals surface area contributed by atoms with E-state index in [2.05, 4.69) is 28.6 Å². The summed E-state index contributed by atoms with van der Waals surface area (Å²) < 4.78 is 1.94. The number of hydrogen-bond acceptors (Lipinski definition) is 2. The van der Waals surface area contributed by atoms with Gasteiger partial charge in [0, 0.05) is 25.2 Å². The summed E-state index contributed by atoms with van der Waals surface area (Å²) in [5.74, 6) is 0.606. The topological polar surface area (TPSA) is 29.9 Å². The van der Waals surface area contributed by atoms with Crippen LogP contribution < -0.4 is 5.32 Å². The summed E-state index contributed by atoms with van der Waals surface area (Å²) in [5, 5.41) is 7.84. The van der Waals surface area contributed by atoms with Crippen LogP contribution in [-0.4, -0.2) is 22.9 Å². The third-order valence-electron chi connectivity index (χ3n) is 2.83. The van der Waals surface area contributed by atoms with Crippen molar-refractivity contribution in [3.05, 3.63) is 48.3 Å². The molecular formula is C12H14ClN3. The third-order valence-corrected chi connectivity index (χ3v) is 2.83. The zero-order valence-electron chi connectivity index (χ0n) is 8.84. The van der Waals surface area contributed by atoms with Crippen LogP contribution in [0.2, 0.25) is 0 Å². The first-order valence-corrected chi connectivity index (χ1v) is 5.25. The predicted molar refractivity (Wildman–Crippen MR) is 66.4 cm³/mol. The minimum absolute atomic E-state index is 0. The zero-order valence-corrected chi connectivity index (χ0v) is 9.65. The van der Waals surface area contributed by atoms with Gasteiger partial charge in [-0.3, -0.25) is 0 Å². The molecule has 16 heavy (non-hydrogen) atoms. The van der Waals surface area contributed by atoms with Crippen LogP contribution in [0.15, 0.2) is 42.6 Å². The zero-order chi connectivity index (χ0) is 10.1. The fourth-order valence-corrected chi connectivity index (χ4v) is 1.78.